The Hall–Kier alpha value is -3.51. The summed E-state index contributed by atoms with van der Waals surface area (Å²) in [6.07, 6.45) is 0. The lowest BCUT2D eigenvalue weighted by Crippen LogP contribution is -2.24. The van der Waals surface area contributed by atoms with E-state index in [1.165, 1.54) is 0 Å². The smallest absolute Gasteiger partial charge is 0.255 e. The lowest BCUT2D eigenvalue weighted by Gasteiger charge is -2.09. The van der Waals surface area contributed by atoms with Crippen molar-refractivity contribution in [1.29, 1.82) is 0 Å². The number of carbonyl (C=O) groups excluding carboxylic acids is 1. The van der Waals surface area contributed by atoms with E-state index in [2.05, 4.69) is 21.2 Å². The molecule has 0 saturated heterocycles. The highest BCUT2D eigenvalue weighted by atomic mass is 32.1. The minimum atomic E-state index is -0.154. The third kappa shape index (κ3) is 5.49. The molecule has 140 valence electrons. The van der Waals surface area contributed by atoms with Gasteiger partial charge in [0.25, 0.3) is 5.91 Å². The van der Waals surface area contributed by atoms with Crippen LogP contribution in [-0.4, -0.2) is 16.7 Å². The number of carbonyl (C=O) groups is 1. The zero-order valence-corrected chi connectivity index (χ0v) is 16.2. The SMILES string of the molecule is C/C(=N/NC(=S)Nc1ccccc1)c1cccc(NC(=O)c2ccccc2)c1. The van der Waals surface area contributed by atoms with Gasteiger partial charge in [0.15, 0.2) is 5.11 Å². The highest BCUT2D eigenvalue weighted by Crippen LogP contribution is 2.13. The second-order valence-electron chi connectivity index (χ2n) is 6.03. The molecule has 5 nitrogen and oxygen atoms in total. The van der Waals surface area contributed by atoms with Crippen LogP contribution in [-0.2, 0) is 0 Å². The fraction of sp³-hybridized carbons (Fsp3) is 0.0455. The van der Waals surface area contributed by atoms with E-state index in [-0.39, 0.29) is 5.91 Å². The van der Waals surface area contributed by atoms with Crippen molar-refractivity contribution in [2.45, 2.75) is 6.92 Å². The number of hydrogen-bond donors (Lipinski definition) is 3. The van der Waals surface area contributed by atoms with Crippen LogP contribution < -0.4 is 16.1 Å². The van der Waals surface area contributed by atoms with Crippen molar-refractivity contribution in [2.24, 2.45) is 5.10 Å². The molecular formula is C22H20N4OS. The number of benzene rings is 3. The molecule has 3 aromatic rings. The molecule has 3 rings (SSSR count). The summed E-state index contributed by atoms with van der Waals surface area (Å²) in [6.45, 7) is 1.87. The van der Waals surface area contributed by atoms with Crippen LogP contribution in [0.4, 0.5) is 11.4 Å². The molecule has 0 heterocycles. The van der Waals surface area contributed by atoms with Crippen molar-refractivity contribution in [3.05, 3.63) is 96.1 Å². The first kappa shape index (κ1) is 19.3. The molecule has 0 aliphatic heterocycles. The highest BCUT2D eigenvalue weighted by Gasteiger charge is 2.06. The van der Waals surface area contributed by atoms with Crippen LogP contribution in [0.5, 0.6) is 0 Å². The summed E-state index contributed by atoms with van der Waals surface area (Å²) in [5.41, 5.74) is 6.65. The number of hydrogen-bond acceptors (Lipinski definition) is 3. The standard InChI is InChI=1S/C22H20N4OS/c1-16(25-26-22(28)24-19-12-6-3-7-13-19)18-11-8-14-20(15-18)23-21(27)17-9-4-2-5-10-17/h2-15H,1H3,(H,23,27)(H2,24,26,28)/b25-16-. The Balaban J connectivity index is 1.63. The van der Waals surface area contributed by atoms with E-state index in [9.17, 15) is 4.79 Å². The van der Waals surface area contributed by atoms with Gasteiger partial charge in [0.2, 0.25) is 0 Å². The second-order valence-corrected chi connectivity index (χ2v) is 6.44. The maximum Gasteiger partial charge on any atom is 0.255 e. The molecule has 0 unspecified atom stereocenters. The van der Waals surface area contributed by atoms with Crippen molar-refractivity contribution in [2.75, 3.05) is 10.6 Å². The molecule has 0 spiro atoms. The van der Waals surface area contributed by atoms with Gasteiger partial charge in [-0.25, -0.2) is 0 Å². The Bertz CT molecular complexity index is 988. The Labute approximate surface area is 169 Å². The molecule has 6 heteroatoms. The third-order valence-electron chi connectivity index (χ3n) is 3.93. The number of nitrogens with one attached hydrogen (secondary N) is 3. The maximum atomic E-state index is 12.3. The Morgan fingerprint density at radius 3 is 2.11 bits per heavy atom. The predicted octanol–water partition coefficient (Wildman–Crippen LogP) is 4.65. The van der Waals surface area contributed by atoms with Crippen LogP contribution in [0, 0.1) is 0 Å². The van der Waals surface area contributed by atoms with E-state index in [1.807, 2.05) is 79.7 Å². The fourth-order valence-corrected chi connectivity index (χ4v) is 2.66. The molecule has 3 aromatic carbocycles. The molecule has 0 aromatic heterocycles. The minimum Gasteiger partial charge on any atom is -0.331 e. The number of anilines is 2. The molecule has 0 aliphatic rings. The van der Waals surface area contributed by atoms with Crippen LogP contribution in [0.15, 0.2) is 90.0 Å². The number of hydrazone groups is 1. The van der Waals surface area contributed by atoms with E-state index >= 15 is 0 Å². The van der Waals surface area contributed by atoms with Crippen LogP contribution in [0.2, 0.25) is 0 Å². The largest absolute Gasteiger partial charge is 0.331 e. The van der Waals surface area contributed by atoms with Gasteiger partial charge in [-0.15, -0.1) is 0 Å². The summed E-state index contributed by atoms with van der Waals surface area (Å²) >= 11 is 5.26. The van der Waals surface area contributed by atoms with E-state index in [1.54, 1.807) is 12.1 Å². The first-order valence-corrected chi connectivity index (χ1v) is 9.16. The van der Waals surface area contributed by atoms with E-state index < -0.39 is 0 Å². The lowest BCUT2D eigenvalue weighted by atomic mass is 10.1. The van der Waals surface area contributed by atoms with Gasteiger partial charge in [-0.1, -0.05) is 48.5 Å². The number of amides is 1. The molecule has 0 fully saturated rings. The second kappa shape index (κ2) is 9.43. The monoisotopic (exact) mass is 388 g/mol. The Kier molecular flexibility index (Phi) is 6.49. The first-order valence-electron chi connectivity index (χ1n) is 8.75. The molecule has 0 saturated carbocycles. The Morgan fingerprint density at radius 2 is 1.39 bits per heavy atom. The molecule has 0 bridgehead atoms. The van der Waals surface area contributed by atoms with E-state index in [0.29, 0.717) is 16.4 Å². The van der Waals surface area contributed by atoms with Gasteiger partial charge in [0.05, 0.1) is 5.71 Å². The van der Waals surface area contributed by atoms with Crippen LogP contribution in [0.1, 0.15) is 22.8 Å². The first-order chi connectivity index (χ1) is 13.6. The van der Waals surface area contributed by atoms with Gasteiger partial charge in [-0.2, -0.15) is 5.10 Å². The maximum absolute atomic E-state index is 12.3. The van der Waals surface area contributed by atoms with Crippen molar-refractivity contribution in [3.8, 4) is 0 Å². The van der Waals surface area contributed by atoms with Crippen LogP contribution in [0.3, 0.4) is 0 Å². The Morgan fingerprint density at radius 1 is 0.786 bits per heavy atom. The highest BCUT2D eigenvalue weighted by molar-refractivity contribution is 7.80. The van der Waals surface area contributed by atoms with Crippen molar-refractivity contribution >= 4 is 40.3 Å². The summed E-state index contributed by atoms with van der Waals surface area (Å²) in [6, 6.07) is 26.2. The summed E-state index contributed by atoms with van der Waals surface area (Å²) < 4.78 is 0. The topological polar surface area (TPSA) is 65.5 Å². The number of thiocarbonyl (C=S) groups is 1. The molecule has 1 amide bonds. The van der Waals surface area contributed by atoms with Gasteiger partial charge in [-0.3, -0.25) is 10.2 Å². The number of rotatable bonds is 5. The summed E-state index contributed by atoms with van der Waals surface area (Å²) in [7, 11) is 0. The molecule has 0 aliphatic carbocycles. The molecule has 0 atom stereocenters. The number of para-hydroxylation sites is 1. The molecule has 28 heavy (non-hydrogen) atoms. The van der Waals surface area contributed by atoms with Crippen molar-refractivity contribution in [1.82, 2.24) is 5.43 Å². The third-order valence-corrected chi connectivity index (χ3v) is 4.12. The van der Waals surface area contributed by atoms with Gasteiger partial charge in [-0.05, 0) is 61.1 Å². The molecule has 3 N–H and O–H groups in total. The average Bonchev–Trinajstić information content (AvgIpc) is 2.73. The van der Waals surface area contributed by atoms with Gasteiger partial charge in [0, 0.05) is 16.9 Å². The van der Waals surface area contributed by atoms with E-state index in [0.717, 1.165) is 17.0 Å². The zero-order valence-electron chi connectivity index (χ0n) is 15.3. The van der Waals surface area contributed by atoms with Crippen molar-refractivity contribution in [3.63, 3.8) is 0 Å². The minimum absolute atomic E-state index is 0.154. The summed E-state index contributed by atoms with van der Waals surface area (Å²) in [4.78, 5) is 12.3. The molecule has 0 radical (unpaired) electrons. The molecular weight excluding hydrogens is 368 g/mol. The van der Waals surface area contributed by atoms with Gasteiger partial charge < -0.3 is 10.6 Å². The fourth-order valence-electron chi connectivity index (χ4n) is 2.49. The summed E-state index contributed by atoms with van der Waals surface area (Å²) in [5, 5.41) is 10.7. The van der Waals surface area contributed by atoms with Gasteiger partial charge >= 0.3 is 0 Å². The zero-order chi connectivity index (χ0) is 19.8. The summed E-state index contributed by atoms with van der Waals surface area (Å²) in [5.74, 6) is -0.154. The van der Waals surface area contributed by atoms with Gasteiger partial charge in [0.1, 0.15) is 0 Å². The normalized spacial score (nSPS) is 10.8. The number of nitrogens with zero attached hydrogens (tertiary/aromatic N) is 1. The van der Waals surface area contributed by atoms with E-state index in [4.69, 9.17) is 12.2 Å². The quantitative estimate of drug-likeness (QED) is 0.338. The predicted molar refractivity (Wildman–Crippen MR) is 119 cm³/mol. The van der Waals surface area contributed by atoms with Crippen LogP contribution in [0.25, 0.3) is 0 Å². The van der Waals surface area contributed by atoms with Crippen LogP contribution >= 0.6 is 12.2 Å². The van der Waals surface area contributed by atoms with Crippen molar-refractivity contribution < 1.29 is 4.79 Å². The average molecular weight is 388 g/mol. The lowest BCUT2D eigenvalue weighted by molar-refractivity contribution is 0.102.